The van der Waals surface area contributed by atoms with Gasteiger partial charge in [-0.1, -0.05) is 19.1 Å². The van der Waals surface area contributed by atoms with Crippen molar-refractivity contribution in [2.24, 2.45) is 0 Å². The summed E-state index contributed by atoms with van der Waals surface area (Å²) in [6, 6.07) is 20.3. The molecule has 0 bridgehead atoms. The zero-order chi connectivity index (χ0) is 31.9. The van der Waals surface area contributed by atoms with Crippen molar-refractivity contribution in [2.45, 2.75) is 38.4 Å². The lowest BCUT2D eigenvalue weighted by Gasteiger charge is -2.36. The zero-order valence-electron chi connectivity index (χ0n) is 27.1. The van der Waals surface area contributed by atoms with Gasteiger partial charge in [0.1, 0.15) is 0 Å². The van der Waals surface area contributed by atoms with Crippen LogP contribution in [0, 0.1) is 0 Å². The summed E-state index contributed by atoms with van der Waals surface area (Å²) in [5, 5.41) is 3.77. The standard InChI is InChI=1S/C37H44N6O3/c1-4-41-21-23-42(24-22-41)33-8-5-7-30-31(33)26-43(37(30)44)32(29-10-11-34(45-2)35(25-29)46-3)9-6-16-40-36(27-12-17-38-18-13-27)28-14-19-39-20-15-28/h5,7-8,10-15,17-20,25,32,36,40H,4,6,9,16,21-24,26H2,1-3H3. The monoisotopic (exact) mass is 620 g/mol. The van der Waals surface area contributed by atoms with Gasteiger partial charge in [-0.05, 0) is 91.2 Å². The summed E-state index contributed by atoms with van der Waals surface area (Å²) in [5.41, 5.74) is 6.47. The molecule has 4 aromatic rings. The number of pyridine rings is 2. The molecular weight excluding hydrogens is 576 g/mol. The predicted molar refractivity (Wildman–Crippen MR) is 180 cm³/mol. The largest absolute Gasteiger partial charge is 0.493 e. The number of nitrogens with zero attached hydrogens (tertiary/aromatic N) is 5. The molecular formula is C37H44N6O3. The topological polar surface area (TPSA) is 83.1 Å². The number of methoxy groups -OCH3 is 2. The van der Waals surface area contributed by atoms with Gasteiger partial charge in [0.25, 0.3) is 5.91 Å². The zero-order valence-corrected chi connectivity index (χ0v) is 27.1. The quantitative estimate of drug-likeness (QED) is 0.197. The molecule has 1 saturated heterocycles. The van der Waals surface area contributed by atoms with Crippen LogP contribution in [0.15, 0.2) is 85.5 Å². The molecule has 1 unspecified atom stereocenters. The number of rotatable bonds is 13. The molecule has 1 amide bonds. The Bertz CT molecular complexity index is 1550. The van der Waals surface area contributed by atoms with Gasteiger partial charge in [0.2, 0.25) is 0 Å². The Hall–Kier alpha value is -4.47. The number of amides is 1. The summed E-state index contributed by atoms with van der Waals surface area (Å²) in [4.78, 5) is 29.6. The molecule has 0 aliphatic carbocycles. The van der Waals surface area contributed by atoms with Crippen LogP contribution in [-0.4, -0.2) is 79.2 Å². The normalized spacial score (nSPS) is 15.7. The SMILES string of the molecule is CCN1CCN(c2cccc3c2CN(C(CCCNC(c2ccncc2)c2ccncc2)c2ccc(OC)c(OC)c2)C3=O)CC1. The second-order valence-corrected chi connectivity index (χ2v) is 11.9. The van der Waals surface area contributed by atoms with Crippen LogP contribution in [0.1, 0.15) is 64.5 Å². The van der Waals surface area contributed by atoms with Gasteiger partial charge in [0.15, 0.2) is 11.5 Å². The summed E-state index contributed by atoms with van der Waals surface area (Å²) < 4.78 is 11.2. The highest BCUT2D eigenvalue weighted by molar-refractivity contribution is 6.00. The molecule has 0 radical (unpaired) electrons. The van der Waals surface area contributed by atoms with Gasteiger partial charge in [-0.25, -0.2) is 0 Å². The van der Waals surface area contributed by atoms with Crippen molar-refractivity contribution in [1.82, 2.24) is 25.1 Å². The van der Waals surface area contributed by atoms with Crippen LogP contribution < -0.4 is 19.7 Å². The number of benzene rings is 2. The van der Waals surface area contributed by atoms with Gasteiger partial charge < -0.3 is 29.5 Å². The fourth-order valence-electron chi connectivity index (χ4n) is 6.84. The lowest BCUT2D eigenvalue weighted by atomic mass is 9.98. The average molecular weight is 621 g/mol. The van der Waals surface area contributed by atoms with Crippen molar-refractivity contribution in [3.63, 3.8) is 0 Å². The highest BCUT2D eigenvalue weighted by Gasteiger charge is 2.36. The average Bonchev–Trinajstić information content (AvgIpc) is 3.46. The number of carbonyl (C=O) groups is 1. The molecule has 2 aromatic heterocycles. The number of fused-ring (bicyclic) bond motifs is 1. The Morgan fingerprint density at radius 1 is 0.826 bits per heavy atom. The van der Waals surface area contributed by atoms with Crippen LogP contribution in [0.4, 0.5) is 5.69 Å². The number of carbonyl (C=O) groups excluding carboxylic acids is 1. The van der Waals surface area contributed by atoms with E-state index in [-0.39, 0.29) is 18.0 Å². The van der Waals surface area contributed by atoms with Crippen molar-refractivity contribution < 1.29 is 14.3 Å². The van der Waals surface area contributed by atoms with Crippen molar-refractivity contribution >= 4 is 11.6 Å². The summed E-state index contributed by atoms with van der Waals surface area (Å²) in [6.45, 7) is 8.66. The number of hydrogen-bond acceptors (Lipinski definition) is 8. The molecule has 2 aliphatic rings. The first-order valence-electron chi connectivity index (χ1n) is 16.3. The number of aromatic nitrogens is 2. The van der Waals surface area contributed by atoms with E-state index >= 15 is 0 Å². The van der Waals surface area contributed by atoms with Crippen LogP contribution >= 0.6 is 0 Å². The van der Waals surface area contributed by atoms with E-state index in [2.05, 4.69) is 49.0 Å². The first-order valence-corrected chi connectivity index (χ1v) is 16.3. The summed E-state index contributed by atoms with van der Waals surface area (Å²) in [5.74, 6) is 1.43. The van der Waals surface area contributed by atoms with E-state index in [4.69, 9.17) is 9.47 Å². The summed E-state index contributed by atoms with van der Waals surface area (Å²) >= 11 is 0. The highest BCUT2D eigenvalue weighted by Crippen LogP contribution is 2.40. The van der Waals surface area contributed by atoms with E-state index < -0.39 is 0 Å². The van der Waals surface area contributed by atoms with E-state index in [1.807, 2.05) is 73.3 Å². The van der Waals surface area contributed by atoms with E-state index in [0.717, 1.165) is 79.9 Å². The van der Waals surface area contributed by atoms with Gasteiger partial charge in [0, 0.05) is 74.3 Å². The Morgan fingerprint density at radius 3 is 2.13 bits per heavy atom. The molecule has 0 spiro atoms. The van der Waals surface area contributed by atoms with Crippen LogP contribution in [0.2, 0.25) is 0 Å². The fraction of sp³-hybridized carbons (Fsp3) is 0.378. The maximum absolute atomic E-state index is 14.1. The molecule has 1 fully saturated rings. The van der Waals surface area contributed by atoms with Gasteiger partial charge in [-0.3, -0.25) is 14.8 Å². The first-order chi connectivity index (χ1) is 22.6. The second-order valence-electron chi connectivity index (χ2n) is 11.9. The molecule has 4 heterocycles. The maximum Gasteiger partial charge on any atom is 0.255 e. The Kier molecular flexibility index (Phi) is 10.1. The van der Waals surface area contributed by atoms with Crippen LogP contribution in [0.5, 0.6) is 11.5 Å². The molecule has 240 valence electrons. The first kappa shape index (κ1) is 31.5. The Morgan fingerprint density at radius 2 is 1.50 bits per heavy atom. The lowest BCUT2D eigenvalue weighted by molar-refractivity contribution is 0.0689. The van der Waals surface area contributed by atoms with Crippen LogP contribution in [0.25, 0.3) is 0 Å². The molecule has 0 saturated carbocycles. The molecule has 1 atom stereocenters. The number of piperazine rings is 1. The van der Waals surface area contributed by atoms with Gasteiger partial charge in [0.05, 0.1) is 26.3 Å². The van der Waals surface area contributed by atoms with Crippen molar-refractivity contribution in [1.29, 1.82) is 0 Å². The molecule has 46 heavy (non-hydrogen) atoms. The molecule has 1 N–H and O–H groups in total. The fourth-order valence-corrected chi connectivity index (χ4v) is 6.84. The third-order valence-corrected chi connectivity index (χ3v) is 9.38. The Labute approximate surface area is 272 Å². The highest BCUT2D eigenvalue weighted by atomic mass is 16.5. The number of nitrogens with one attached hydrogen (secondary N) is 1. The number of anilines is 1. The van der Waals surface area contributed by atoms with E-state index in [1.54, 1.807) is 14.2 Å². The van der Waals surface area contributed by atoms with E-state index in [0.29, 0.717) is 18.0 Å². The second kappa shape index (κ2) is 14.7. The van der Waals surface area contributed by atoms with Crippen LogP contribution in [0.3, 0.4) is 0 Å². The van der Waals surface area contributed by atoms with E-state index in [9.17, 15) is 4.79 Å². The van der Waals surface area contributed by atoms with Crippen molar-refractivity contribution in [2.75, 3.05) is 58.4 Å². The minimum atomic E-state index is -0.133. The third-order valence-electron chi connectivity index (χ3n) is 9.38. The Balaban J connectivity index is 1.24. The minimum absolute atomic E-state index is 0.0129. The molecule has 9 heteroatoms. The molecule has 9 nitrogen and oxygen atoms in total. The lowest BCUT2D eigenvalue weighted by Crippen LogP contribution is -2.46. The minimum Gasteiger partial charge on any atom is -0.493 e. The van der Waals surface area contributed by atoms with Crippen molar-refractivity contribution in [3.05, 3.63) is 113 Å². The van der Waals surface area contributed by atoms with Gasteiger partial charge in [-0.2, -0.15) is 0 Å². The summed E-state index contributed by atoms with van der Waals surface area (Å²) in [7, 11) is 3.30. The summed E-state index contributed by atoms with van der Waals surface area (Å²) in [6.07, 6.45) is 8.95. The number of likely N-dealkylation sites (N-methyl/N-ethyl adjacent to an activating group) is 1. The molecule has 6 rings (SSSR count). The third kappa shape index (κ3) is 6.71. The van der Waals surface area contributed by atoms with Gasteiger partial charge >= 0.3 is 0 Å². The predicted octanol–water partition coefficient (Wildman–Crippen LogP) is 5.49. The maximum atomic E-state index is 14.1. The number of hydrogen-bond donors (Lipinski definition) is 1. The van der Waals surface area contributed by atoms with Crippen LogP contribution in [-0.2, 0) is 6.54 Å². The molecule has 2 aliphatic heterocycles. The van der Waals surface area contributed by atoms with Crippen molar-refractivity contribution in [3.8, 4) is 11.5 Å². The molecule has 2 aromatic carbocycles. The number of ether oxygens (including phenoxy) is 2. The van der Waals surface area contributed by atoms with E-state index in [1.165, 1.54) is 5.69 Å². The van der Waals surface area contributed by atoms with Gasteiger partial charge in [-0.15, -0.1) is 0 Å². The smallest absolute Gasteiger partial charge is 0.255 e.